The van der Waals surface area contributed by atoms with E-state index in [-0.39, 0.29) is 5.97 Å². The summed E-state index contributed by atoms with van der Waals surface area (Å²) in [5, 5.41) is 2.15. The van der Waals surface area contributed by atoms with Crippen molar-refractivity contribution >= 4 is 22.3 Å². The molecular formula is C15H20N2O2S. The summed E-state index contributed by atoms with van der Waals surface area (Å²) >= 11 is 1.69. The van der Waals surface area contributed by atoms with E-state index in [0.29, 0.717) is 12.3 Å². The molecular weight excluding hydrogens is 272 g/mol. The molecule has 0 spiro atoms. The molecule has 0 aliphatic heterocycles. The van der Waals surface area contributed by atoms with Crippen molar-refractivity contribution in [3.8, 4) is 0 Å². The number of aromatic nitrogens is 2. The van der Waals surface area contributed by atoms with Gasteiger partial charge in [-0.2, -0.15) is 0 Å². The van der Waals surface area contributed by atoms with Gasteiger partial charge in [-0.15, -0.1) is 11.3 Å². The van der Waals surface area contributed by atoms with Crippen LogP contribution in [-0.4, -0.2) is 22.5 Å². The predicted octanol–water partition coefficient (Wildman–Crippen LogP) is 3.55. The molecule has 2 heterocycles. The number of esters is 1. The molecule has 0 saturated heterocycles. The summed E-state index contributed by atoms with van der Waals surface area (Å²) in [6, 6.07) is 0. The third-order valence-electron chi connectivity index (χ3n) is 4.12. The minimum Gasteiger partial charge on any atom is -0.469 e. The van der Waals surface area contributed by atoms with Crippen molar-refractivity contribution in [1.29, 1.82) is 0 Å². The SMILES string of the molecule is COC(=O)CCCc1csc2nc(C3CCCC3)cn12. The van der Waals surface area contributed by atoms with Crippen molar-refractivity contribution in [2.75, 3.05) is 7.11 Å². The Bertz CT molecular complexity index is 596. The van der Waals surface area contributed by atoms with E-state index in [1.807, 2.05) is 0 Å². The summed E-state index contributed by atoms with van der Waals surface area (Å²) in [4.78, 5) is 17.0. The van der Waals surface area contributed by atoms with Crippen molar-refractivity contribution in [2.45, 2.75) is 50.9 Å². The van der Waals surface area contributed by atoms with Gasteiger partial charge in [0.1, 0.15) is 0 Å². The van der Waals surface area contributed by atoms with Gasteiger partial charge in [0.05, 0.1) is 12.8 Å². The Kier molecular flexibility index (Phi) is 4.05. The number of aryl methyl sites for hydroxylation is 1. The summed E-state index contributed by atoms with van der Waals surface area (Å²) in [7, 11) is 1.44. The lowest BCUT2D eigenvalue weighted by molar-refractivity contribution is -0.140. The lowest BCUT2D eigenvalue weighted by atomic mass is 10.1. The lowest BCUT2D eigenvalue weighted by Crippen LogP contribution is -2.01. The maximum absolute atomic E-state index is 11.1. The molecule has 1 saturated carbocycles. The van der Waals surface area contributed by atoms with Crippen molar-refractivity contribution in [1.82, 2.24) is 9.38 Å². The molecule has 1 fully saturated rings. The van der Waals surface area contributed by atoms with E-state index >= 15 is 0 Å². The van der Waals surface area contributed by atoms with Crippen LogP contribution in [0.5, 0.6) is 0 Å². The molecule has 0 radical (unpaired) electrons. The van der Waals surface area contributed by atoms with E-state index in [1.165, 1.54) is 44.2 Å². The predicted molar refractivity (Wildman–Crippen MR) is 79.2 cm³/mol. The van der Waals surface area contributed by atoms with Crippen LogP contribution in [0.1, 0.15) is 55.8 Å². The minimum absolute atomic E-state index is 0.131. The fourth-order valence-electron chi connectivity index (χ4n) is 2.96. The maximum Gasteiger partial charge on any atom is 0.305 e. The summed E-state index contributed by atoms with van der Waals surface area (Å²) < 4.78 is 6.88. The molecule has 5 heteroatoms. The van der Waals surface area contributed by atoms with Gasteiger partial charge in [-0.1, -0.05) is 12.8 Å². The number of carbonyl (C=O) groups is 1. The van der Waals surface area contributed by atoms with Crippen molar-refractivity contribution in [2.24, 2.45) is 0 Å². The van der Waals surface area contributed by atoms with Crippen LogP contribution in [0.3, 0.4) is 0 Å². The molecule has 20 heavy (non-hydrogen) atoms. The van der Waals surface area contributed by atoms with Crippen LogP contribution in [0.4, 0.5) is 0 Å². The first-order valence-corrected chi connectivity index (χ1v) is 8.18. The molecule has 2 aromatic rings. The van der Waals surface area contributed by atoms with Crippen molar-refractivity contribution in [3.63, 3.8) is 0 Å². The zero-order chi connectivity index (χ0) is 13.9. The molecule has 4 nitrogen and oxygen atoms in total. The molecule has 0 amide bonds. The number of rotatable bonds is 5. The van der Waals surface area contributed by atoms with Crippen molar-refractivity contribution in [3.05, 3.63) is 23.0 Å². The van der Waals surface area contributed by atoms with Gasteiger partial charge in [0.15, 0.2) is 4.96 Å². The highest BCUT2D eigenvalue weighted by Crippen LogP contribution is 2.34. The number of hydrogen-bond acceptors (Lipinski definition) is 4. The van der Waals surface area contributed by atoms with E-state index < -0.39 is 0 Å². The second kappa shape index (κ2) is 5.95. The number of imidazole rings is 1. The fraction of sp³-hybridized carbons (Fsp3) is 0.600. The minimum atomic E-state index is -0.131. The first-order valence-electron chi connectivity index (χ1n) is 7.30. The molecule has 1 aliphatic carbocycles. The maximum atomic E-state index is 11.1. The summed E-state index contributed by atoms with van der Waals surface area (Å²) in [5.41, 5.74) is 2.51. The number of carbonyl (C=O) groups excluding carboxylic acids is 1. The second-order valence-electron chi connectivity index (χ2n) is 5.46. The molecule has 1 aliphatic rings. The molecule has 108 valence electrons. The van der Waals surface area contributed by atoms with Crippen LogP contribution in [0.15, 0.2) is 11.6 Å². The third kappa shape index (κ3) is 2.73. The highest BCUT2D eigenvalue weighted by Gasteiger charge is 2.20. The van der Waals surface area contributed by atoms with Gasteiger partial charge < -0.3 is 4.74 Å². The number of fused-ring (bicyclic) bond motifs is 1. The number of hydrogen-bond donors (Lipinski definition) is 0. The molecule has 0 unspecified atom stereocenters. The second-order valence-corrected chi connectivity index (χ2v) is 6.29. The quantitative estimate of drug-likeness (QED) is 0.792. The first-order chi connectivity index (χ1) is 9.78. The van der Waals surface area contributed by atoms with Gasteiger partial charge in [-0.25, -0.2) is 4.98 Å². The van der Waals surface area contributed by atoms with Gasteiger partial charge >= 0.3 is 5.97 Å². The zero-order valence-electron chi connectivity index (χ0n) is 11.8. The van der Waals surface area contributed by atoms with E-state index in [2.05, 4.69) is 20.7 Å². The van der Waals surface area contributed by atoms with Gasteiger partial charge in [-0.05, 0) is 25.7 Å². The topological polar surface area (TPSA) is 43.6 Å². The normalized spacial score (nSPS) is 16.1. The fourth-order valence-corrected chi connectivity index (χ4v) is 3.88. The smallest absolute Gasteiger partial charge is 0.305 e. The average Bonchev–Trinajstić information content (AvgIpc) is 3.15. The van der Waals surface area contributed by atoms with E-state index in [9.17, 15) is 4.79 Å². The molecule has 3 rings (SSSR count). The number of thiazole rings is 1. The van der Waals surface area contributed by atoms with Crippen LogP contribution in [0.25, 0.3) is 4.96 Å². The van der Waals surface area contributed by atoms with Gasteiger partial charge in [0, 0.05) is 29.6 Å². The van der Waals surface area contributed by atoms with Crippen LogP contribution in [-0.2, 0) is 16.0 Å². The van der Waals surface area contributed by atoms with Crippen LogP contribution in [0, 0.1) is 0 Å². The van der Waals surface area contributed by atoms with E-state index in [1.54, 1.807) is 11.3 Å². The Morgan fingerprint density at radius 2 is 2.30 bits per heavy atom. The molecule has 0 bridgehead atoms. The molecule has 0 aromatic carbocycles. The largest absolute Gasteiger partial charge is 0.469 e. The molecule has 0 atom stereocenters. The number of ether oxygens (including phenoxy) is 1. The van der Waals surface area contributed by atoms with E-state index in [0.717, 1.165) is 17.8 Å². The zero-order valence-corrected chi connectivity index (χ0v) is 12.6. The Morgan fingerprint density at radius 3 is 3.05 bits per heavy atom. The van der Waals surface area contributed by atoms with Crippen LogP contribution >= 0.6 is 11.3 Å². The monoisotopic (exact) mass is 292 g/mol. The van der Waals surface area contributed by atoms with E-state index in [4.69, 9.17) is 4.98 Å². The highest BCUT2D eigenvalue weighted by molar-refractivity contribution is 7.15. The lowest BCUT2D eigenvalue weighted by Gasteiger charge is -2.03. The first kappa shape index (κ1) is 13.6. The molecule has 2 aromatic heterocycles. The standard InChI is InChI=1S/C15H20N2O2S/c1-19-14(18)8-4-7-12-10-20-15-16-13(9-17(12)15)11-5-2-3-6-11/h9-11H,2-8H2,1H3. The van der Waals surface area contributed by atoms with Crippen LogP contribution < -0.4 is 0 Å². The third-order valence-corrected chi connectivity index (χ3v) is 5.01. The van der Waals surface area contributed by atoms with Gasteiger partial charge in [0.2, 0.25) is 0 Å². The molecule has 0 N–H and O–H groups in total. The highest BCUT2D eigenvalue weighted by atomic mass is 32.1. The van der Waals surface area contributed by atoms with Crippen molar-refractivity contribution < 1.29 is 9.53 Å². The summed E-state index contributed by atoms with van der Waals surface area (Å²) in [5.74, 6) is 0.527. The summed E-state index contributed by atoms with van der Waals surface area (Å²) in [6.45, 7) is 0. The Morgan fingerprint density at radius 1 is 1.50 bits per heavy atom. The number of methoxy groups -OCH3 is 1. The summed E-state index contributed by atoms with van der Waals surface area (Å²) in [6.07, 6.45) is 9.65. The Balaban J connectivity index is 1.70. The van der Waals surface area contributed by atoms with Gasteiger partial charge in [0.25, 0.3) is 0 Å². The Labute approximate surface area is 122 Å². The average molecular weight is 292 g/mol. The Hall–Kier alpha value is -1.36. The van der Waals surface area contributed by atoms with Gasteiger partial charge in [-0.3, -0.25) is 9.20 Å². The number of nitrogens with zero attached hydrogens (tertiary/aromatic N) is 2. The van der Waals surface area contributed by atoms with Crippen LogP contribution in [0.2, 0.25) is 0 Å².